The molecule has 0 saturated heterocycles. The van der Waals surface area contributed by atoms with Crippen LogP contribution in [0, 0.1) is 0 Å². The van der Waals surface area contributed by atoms with Gasteiger partial charge in [-0.3, -0.25) is 4.79 Å². The van der Waals surface area contributed by atoms with Crippen molar-refractivity contribution in [2.75, 3.05) is 0 Å². The molecule has 1 N–H and O–H groups in total. The van der Waals surface area contributed by atoms with E-state index in [0.29, 0.717) is 5.75 Å². The Morgan fingerprint density at radius 3 is 2.11 bits per heavy atom. The van der Waals surface area contributed by atoms with Crippen LogP contribution >= 0.6 is 0 Å². The number of rotatable bonds is 5. The Balaban J connectivity index is 0. The first kappa shape index (κ1) is 16.0. The van der Waals surface area contributed by atoms with Gasteiger partial charge in [-0.05, 0) is 17.7 Å². The van der Waals surface area contributed by atoms with E-state index in [0.717, 1.165) is 5.56 Å². The molecule has 2 aromatic rings. The SMILES string of the molecule is O=C(O)CC(Oc1ccccc1)c1ccccc1.[Ca+2].[H-].[H-]. The minimum absolute atomic E-state index is 0. The van der Waals surface area contributed by atoms with E-state index < -0.39 is 12.1 Å². The largest absolute Gasteiger partial charge is 2.00 e. The fourth-order valence-electron chi connectivity index (χ4n) is 1.72. The molecular formula is C15H16CaO3. The number of ether oxygens (including phenoxy) is 1. The van der Waals surface area contributed by atoms with E-state index in [4.69, 9.17) is 9.84 Å². The third kappa shape index (κ3) is 5.23. The van der Waals surface area contributed by atoms with Crippen LogP contribution in [0.2, 0.25) is 0 Å². The van der Waals surface area contributed by atoms with Gasteiger partial charge in [0, 0.05) is 0 Å². The molecule has 0 bridgehead atoms. The van der Waals surface area contributed by atoms with Crippen LogP contribution in [-0.4, -0.2) is 48.8 Å². The summed E-state index contributed by atoms with van der Waals surface area (Å²) in [5.74, 6) is -0.201. The number of hydrogen-bond acceptors (Lipinski definition) is 2. The summed E-state index contributed by atoms with van der Waals surface area (Å²) in [7, 11) is 0. The number of aliphatic carboxylic acids is 1. The minimum atomic E-state index is -0.875. The molecule has 0 fully saturated rings. The molecule has 1 atom stereocenters. The standard InChI is InChI=1S/C15H14O3.Ca.2H/c16-15(17)11-14(12-7-3-1-4-8-12)18-13-9-5-2-6-10-13;;;/h1-10,14H,11H2,(H,16,17);;;/q;+2;2*-1. The molecule has 0 aromatic heterocycles. The Labute approximate surface area is 145 Å². The maximum atomic E-state index is 10.9. The summed E-state index contributed by atoms with van der Waals surface area (Å²) < 4.78 is 5.73. The van der Waals surface area contributed by atoms with Crippen molar-refractivity contribution in [2.45, 2.75) is 12.5 Å². The molecule has 0 aliphatic heterocycles. The van der Waals surface area contributed by atoms with Crippen molar-refractivity contribution in [3.8, 4) is 5.75 Å². The number of hydrogen-bond donors (Lipinski definition) is 1. The summed E-state index contributed by atoms with van der Waals surface area (Å²) in [6, 6.07) is 18.6. The zero-order valence-electron chi connectivity index (χ0n) is 12.5. The summed E-state index contributed by atoms with van der Waals surface area (Å²) in [5, 5.41) is 8.94. The maximum Gasteiger partial charge on any atom is 2.00 e. The minimum Gasteiger partial charge on any atom is -1.00 e. The zero-order chi connectivity index (χ0) is 12.8. The predicted molar refractivity (Wildman–Crippen MR) is 76.5 cm³/mol. The van der Waals surface area contributed by atoms with Crippen molar-refractivity contribution in [3.63, 3.8) is 0 Å². The van der Waals surface area contributed by atoms with Crippen LogP contribution in [0.4, 0.5) is 0 Å². The van der Waals surface area contributed by atoms with Gasteiger partial charge in [0.2, 0.25) is 0 Å². The average molecular weight is 284 g/mol. The summed E-state index contributed by atoms with van der Waals surface area (Å²) in [6.45, 7) is 0. The van der Waals surface area contributed by atoms with Gasteiger partial charge in [-0.25, -0.2) is 0 Å². The van der Waals surface area contributed by atoms with Crippen molar-refractivity contribution < 1.29 is 17.5 Å². The quantitative estimate of drug-likeness (QED) is 0.858. The first-order valence-electron chi connectivity index (χ1n) is 5.74. The number of para-hydroxylation sites is 1. The third-order valence-electron chi connectivity index (χ3n) is 2.55. The van der Waals surface area contributed by atoms with Crippen LogP contribution < -0.4 is 4.74 Å². The van der Waals surface area contributed by atoms with Crippen molar-refractivity contribution in [2.24, 2.45) is 0 Å². The molecule has 0 saturated carbocycles. The Bertz CT molecular complexity index is 509. The van der Waals surface area contributed by atoms with Gasteiger partial charge in [0.05, 0.1) is 6.42 Å². The van der Waals surface area contributed by atoms with Crippen molar-refractivity contribution in [3.05, 3.63) is 66.2 Å². The molecule has 3 nitrogen and oxygen atoms in total. The van der Waals surface area contributed by atoms with Gasteiger partial charge < -0.3 is 12.7 Å². The monoisotopic (exact) mass is 284 g/mol. The molecule has 0 radical (unpaired) electrons. The van der Waals surface area contributed by atoms with Crippen molar-refractivity contribution >= 4 is 43.7 Å². The number of carboxylic acids is 1. The maximum absolute atomic E-state index is 10.9. The number of benzene rings is 2. The van der Waals surface area contributed by atoms with Crippen molar-refractivity contribution in [1.82, 2.24) is 0 Å². The third-order valence-corrected chi connectivity index (χ3v) is 2.55. The van der Waals surface area contributed by atoms with Crippen LogP contribution in [0.3, 0.4) is 0 Å². The normalized spacial score (nSPS) is 11.2. The smallest absolute Gasteiger partial charge is 1.00 e. The van der Waals surface area contributed by atoms with Gasteiger partial charge >= 0.3 is 43.7 Å². The van der Waals surface area contributed by atoms with E-state index in [2.05, 4.69) is 0 Å². The molecule has 4 heteroatoms. The van der Waals surface area contributed by atoms with Gasteiger partial charge in [-0.1, -0.05) is 48.5 Å². The van der Waals surface area contributed by atoms with Crippen LogP contribution in [0.1, 0.15) is 20.9 Å². The topological polar surface area (TPSA) is 46.5 Å². The molecule has 96 valence electrons. The Kier molecular flexibility index (Phi) is 6.92. The van der Waals surface area contributed by atoms with Gasteiger partial charge in [0.15, 0.2) is 0 Å². The molecule has 1 unspecified atom stereocenters. The summed E-state index contributed by atoms with van der Waals surface area (Å²) in [4.78, 5) is 10.9. The van der Waals surface area contributed by atoms with Crippen LogP contribution in [-0.2, 0) is 4.79 Å². The molecule has 0 aliphatic carbocycles. The van der Waals surface area contributed by atoms with E-state index in [1.807, 2.05) is 60.7 Å². The van der Waals surface area contributed by atoms with E-state index >= 15 is 0 Å². The first-order chi connectivity index (χ1) is 8.75. The molecule has 0 amide bonds. The molecule has 0 aliphatic rings. The molecular weight excluding hydrogens is 268 g/mol. The van der Waals surface area contributed by atoms with E-state index in [1.54, 1.807) is 0 Å². The van der Waals surface area contributed by atoms with E-state index in [-0.39, 0.29) is 47.0 Å². The van der Waals surface area contributed by atoms with Crippen LogP contribution in [0.5, 0.6) is 5.75 Å². The van der Waals surface area contributed by atoms with Crippen LogP contribution in [0.25, 0.3) is 0 Å². The second-order valence-electron chi connectivity index (χ2n) is 3.93. The van der Waals surface area contributed by atoms with Gasteiger partial charge in [-0.2, -0.15) is 0 Å². The fourth-order valence-corrected chi connectivity index (χ4v) is 1.72. The van der Waals surface area contributed by atoms with E-state index in [9.17, 15) is 4.79 Å². The Hall–Kier alpha value is -1.03. The second-order valence-corrected chi connectivity index (χ2v) is 3.93. The molecule has 2 aromatic carbocycles. The number of carboxylic acid groups (broad SMARTS) is 1. The fraction of sp³-hybridized carbons (Fsp3) is 0.133. The number of carbonyl (C=O) groups is 1. The van der Waals surface area contributed by atoms with Gasteiger partial charge in [-0.15, -0.1) is 0 Å². The molecule has 2 rings (SSSR count). The van der Waals surface area contributed by atoms with Crippen LogP contribution in [0.15, 0.2) is 60.7 Å². The molecule has 19 heavy (non-hydrogen) atoms. The van der Waals surface area contributed by atoms with Gasteiger partial charge in [0.1, 0.15) is 11.9 Å². The van der Waals surface area contributed by atoms with Crippen molar-refractivity contribution in [1.29, 1.82) is 0 Å². The molecule has 0 heterocycles. The van der Waals surface area contributed by atoms with Gasteiger partial charge in [0.25, 0.3) is 0 Å². The van der Waals surface area contributed by atoms with E-state index in [1.165, 1.54) is 0 Å². The summed E-state index contributed by atoms with van der Waals surface area (Å²) >= 11 is 0. The molecule has 0 spiro atoms. The second kappa shape index (κ2) is 8.20. The summed E-state index contributed by atoms with van der Waals surface area (Å²) in [5.41, 5.74) is 0.865. The Morgan fingerprint density at radius 2 is 1.58 bits per heavy atom. The zero-order valence-corrected chi connectivity index (χ0v) is 12.7. The predicted octanol–water partition coefficient (Wildman–Crippen LogP) is 3.13. The first-order valence-corrected chi connectivity index (χ1v) is 5.74. The Morgan fingerprint density at radius 1 is 1.05 bits per heavy atom. The average Bonchev–Trinajstić information content (AvgIpc) is 2.40. The summed E-state index contributed by atoms with van der Waals surface area (Å²) in [6.07, 6.45) is -0.523.